The van der Waals surface area contributed by atoms with Gasteiger partial charge in [0, 0.05) is 11.1 Å². The number of nitrogens with zero attached hydrogens (tertiary/aromatic N) is 1. The predicted molar refractivity (Wildman–Crippen MR) is 115 cm³/mol. The zero-order valence-corrected chi connectivity index (χ0v) is 15.7. The summed E-state index contributed by atoms with van der Waals surface area (Å²) in [7, 11) is 0. The van der Waals surface area contributed by atoms with Crippen LogP contribution in [0.5, 0.6) is 5.75 Å². The van der Waals surface area contributed by atoms with Gasteiger partial charge in [-0.15, -0.1) is 0 Å². The maximum absolute atomic E-state index is 14.1. The predicted octanol–water partition coefficient (Wildman–Crippen LogP) is 6.62. The third kappa shape index (κ3) is 4.02. The summed E-state index contributed by atoms with van der Waals surface area (Å²) in [5.41, 5.74) is 2.34. The molecule has 0 radical (unpaired) electrons. The third-order valence-corrected chi connectivity index (χ3v) is 4.77. The van der Waals surface area contributed by atoms with Gasteiger partial charge in [-0.2, -0.15) is 5.26 Å². The molecule has 4 aromatic carbocycles. The maximum Gasteiger partial charge on any atom is 0.131 e. The molecule has 0 saturated carbocycles. The van der Waals surface area contributed by atoms with E-state index in [1.54, 1.807) is 24.3 Å². The first-order valence-electron chi connectivity index (χ1n) is 9.31. The summed E-state index contributed by atoms with van der Waals surface area (Å²) < 4.78 is 20.2. The molecular formula is C26H18FNO. The number of fused-ring (bicyclic) bond motifs is 1. The standard InChI is InChI=1S/C26H18FNO/c27-25-14-5-4-13-24(25)22(17-28)16-20-9-2-6-15-26(20)29-18-21-11-7-10-19-8-1-3-12-23(19)21/h1-16H,18H2/b22-16-. The van der Waals surface area contributed by atoms with Crippen LogP contribution in [0.4, 0.5) is 4.39 Å². The fourth-order valence-electron chi connectivity index (χ4n) is 3.31. The minimum atomic E-state index is -0.422. The molecule has 4 rings (SSSR count). The SMILES string of the molecule is N#C/C(=C/c1ccccc1OCc1cccc2ccccc12)c1ccccc1F. The Morgan fingerprint density at radius 3 is 2.45 bits per heavy atom. The van der Waals surface area contributed by atoms with Crippen LogP contribution in [0.1, 0.15) is 16.7 Å². The molecule has 0 aliphatic rings. The number of hydrogen-bond donors (Lipinski definition) is 0. The lowest BCUT2D eigenvalue weighted by molar-refractivity contribution is 0.307. The molecular weight excluding hydrogens is 361 g/mol. The lowest BCUT2D eigenvalue weighted by Crippen LogP contribution is -1.98. The molecule has 0 heterocycles. The van der Waals surface area contributed by atoms with Crippen molar-refractivity contribution in [2.45, 2.75) is 6.61 Å². The van der Waals surface area contributed by atoms with Gasteiger partial charge in [0.15, 0.2) is 0 Å². The van der Waals surface area contributed by atoms with Gasteiger partial charge in [0.25, 0.3) is 0 Å². The number of halogens is 1. The Morgan fingerprint density at radius 2 is 1.59 bits per heavy atom. The summed E-state index contributed by atoms with van der Waals surface area (Å²) in [6.07, 6.45) is 1.66. The molecule has 0 unspecified atom stereocenters. The minimum absolute atomic E-state index is 0.254. The molecule has 0 fully saturated rings. The Kier molecular flexibility index (Phi) is 5.36. The van der Waals surface area contributed by atoms with Crippen molar-refractivity contribution in [2.24, 2.45) is 0 Å². The number of ether oxygens (including phenoxy) is 1. The average molecular weight is 379 g/mol. The van der Waals surface area contributed by atoms with E-state index >= 15 is 0 Å². The highest BCUT2D eigenvalue weighted by Crippen LogP contribution is 2.27. The first-order chi connectivity index (χ1) is 14.3. The van der Waals surface area contributed by atoms with Gasteiger partial charge in [0.2, 0.25) is 0 Å². The molecule has 0 aromatic heterocycles. The molecule has 3 heteroatoms. The van der Waals surface area contributed by atoms with Crippen LogP contribution in [0.25, 0.3) is 22.4 Å². The number of allylic oxidation sites excluding steroid dienone is 1. The quantitative estimate of drug-likeness (QED) is 0.288. The lowest BCUT2D eigenvalue weighted by Gasteiger charge is -2.12. The molecule has 0 saturated heterocycles. The normalized spacial score (nSPS) is 11.2. The summed E-state index contributed by atoms with van der Waals surface area (Å²) in [6.45, 7) is 0.397. The second-order valence-electron chi connectivity index (χ2n) is 6.61. The second-order valence-corrected chi connectivity index (χ2v) is 6.61. The monoisotopic (exact) mass is 379 g/mol. The Balaban J connectivity index is 1.65. The smallest absolute Gasteiger partial charge is 0.131 e. The van der Waals surface area contributed by atoms with Crippen molar-refractivity contribution in [3.63, 3.8) is 0 Å². The Bertz CT molecular complexity index is 1230. The van der Waals surface area contributed by atoms with E-state index in [1.807, 2.05) is 48.5 Å². The molecule has 0 N–H and O–H groups in total. The van der Waals surface area contributed by atoms with Crippen LogP contribution in [0.3, 0.4) is 0 Å². The summed E-state index contributed by atoms with van der Waals surface area (Å²) in [5, 5.41) is 11.9. The molecule has 140 valence electrons. The zero-order chi connectivity index (χ0) is 20.1. The van der Waals surface area contributed by atoms with E-state index in [4.69, 9.17) is 4.74 Å². The second kappa shape index (κ2) is 8.41. The third-order valence-electron chi connectivity index (χ3n) is 4.77. The minimum Gasteiger partial charge on any atom is -0.488 e. The lowest BCUT2D eigenvalue weighted by atomic mass is 10.0. The van der Waals surface area contributed by atoms with Gasteiger partial charge >= 0.3 is 0 Å². The summed E-state index contributed by atoms with van der Waals surface area (Å²) in [6, 6.07) is 30.1. The highest BCUT2D eigenvalue weighted by molar-refractivity contribution is 5.91. The van der Waals surface area contributed by atoms with Gasteiger partial charge in [-0.3, -0.25) is 0 Å². The fraction of sp³-hybridized carbons (Fsp3) is 0.0385. The zero-order valence-electron chi connectivity index (χ0n) is 15.7. The largest absolute Gasteiger partial charge is 0.488 e. The number of para-hydroxylation sites is 1. The van der Waals surface area contributed by atoms with Crippen LogP contribution in [0, 0.1) is 17.1 Å². The van der Waals surface area contributed by atoms with Gasteiger partial charge in [0.05, 0.1) is 11.6 Å². The van der Waals surface area contributed by atoms with Crippen LogP contribution < -0.4 is 4.74 Å². The molecule has 0 aliphatic heterocycles. The molecule has 0 aliphatic carbocycles. The van der Waals surface area contributed by atoms with E-state index < -0.39 is 5.82 Å². The molecule has 0 spiro atoms. The van der Waals surface area contributed by atoms with E-state index in [1.165, 1.54) is 6.07 Å². The van der Waals surface area contributed by atoms with Crippen LogP contribution in [0.2, 0.25) is 0 Å². The van der Waals surface area contributed by atoms with Crippen molar-refractivity contribution in [2.75, 3.05) is 0 Å². The van der Waals surface area contributed by atoms with Gasteiger partial charge < -0.3 is 4.74 Å². The Hall–Kier alpha value is -3.90. The van der Waals surface area contributed by atoms with E-state index in [9.17, 15) is 9.65 Å². The highest BCUT2D eigenvalue weighted by atomic mass is 19.1. The summed E-state index contributed by atoms with van der Waals surface area (Å²) in [5.74, 6) is 0.221. The fourth-order valence-corrected chi connectivity index (χ4v) is 3.31. The van der Waals surface area contributed by atoms with Crippen molar-refractivity contribution >= 4 is 22.4 Å². The van der Waals surface area contributed by atoms with Gasteiger partial charge in [-0.1, -0.05) is 78.9 Å². The van der Waals surface area contributed by atoms with Crippen molar-refractivity contribution in [3.05, 3.63) is 114 Å². The van der Waals surface area contributed by atoms with Gasteiger partial charge in [-0.05, 0) is 34.5 Å². The molecule has 4 aromatic rings. The number of nitriles is 1. The van der Waals surface area contributed by atoms with Crippen molar-refractivity contribution in [1.82, 2.24) is 0 Å². The van der Waals surface area contributed by atoms with E-state index in [0.29, 0.717) is 12.4 Å². The summed E-state index contributed by atoms with van der Waals surface area (Å²) >= 11 is 0. The van der Waals surface area contributed by atoms with E-state index in [2.05, 4.69) is 24.3 Å². The van der Waals surface area contributed by atoms with Gasteiger partial charge in [-0.25, -0.2) is 4.39 Å². The van der Waals surface area contributed by atoms with Crippen LogP contribution in [-0.2, 0) is 6.61 Å². The number of benzene rings is 4. The molecule has 0 bridgehead atoms. The first kappa shape index (κ1) is 18.5. The Labute approximate surface area is 169 Å². The summed E-state index contributed by atoms with van der Waals surface area (Å²) in [4.78, 5) is 0. The molecule has 2 nitrogen and oxygen atoms in total. The molecule has 0 atom stereocenters. The van der Waals surface area contributed by atoms with Crippen molar-refractivity contribution < 1.29 is 9.13 Å². The highest BCUT2D eigenvalue weighted by Gasteiger charge is 2.09. The maximum atomic E-state index is 14.1. The van der Waals surface area contributed by atoms with Crippen molar-refractivity contribution in [3.8, 4) is 11.8 Å². The van der Waals surface area contributed by atoms with Gasteiger partial charge in [0.1, 0.15) is 18.2 Å². The van der Waals surface area contributed by atoms with E-state index in [0.717, 1.165) is 21.9 Å². The molecule has 29 heavy (non-hydrogen) atoms. The average Bonchev–Trinajstić information content (AvgIpc) is 2.77. The Morgan fingerprint density at radius 1 is 0.862 bits per heavy atom. The number of rotatable bonds is 5. The van der Waals surface area contributed by atoms with Crippen LogP contribution in [0.15, 0.2) is 91.0 Å². The topological polar surface area (TPSA) is 33.0 Å². The van der Waals surface area contributed by atoms with Crippen LogP contribution in [-0.4, -0.2) is 0 Å². The van der Waals surface area contributed by atoms with E-state index in [-0.39, 0.29) is 11.1 Å². The number of hydrogen-bond acceptors (Lipinski definition) is 2. The first-order valence-corrected chi connectivity index (χ1v) is 9.31. The van der Waals surface area contributed by atoms with Crippen molar-refractivity contribution in [1.29, 1.82) is 5.26 Å². The molecule has 0 amide bonds. The van der Waals surface area contributed by atoms with Crippen LogP contribution >= 0.6 is 0 Å².